The summed E-state index contributed by atoms with van der Waals surface area (Å²) in [6, 6.07) is 0. The van der Waals surface area contributed by atoms with E-state index in [0.29, 0.717) is 10.8 Å². The maximum absolute atomic E-state index is 2.61. The standard InChI is InChI=1S/C19H28/c1-18-11-5-7-16(18)15-9-8-14-6-3-4-12-19(14,2)17(15)10-13-18/h3-4,6,15-17H,5,7-13H2,1-2H3/t15-,16-,17-,18-,19-/m0/s1. The van der Waals surface area contributed by atoms with Crippen LogP contribution in [0.3, 0.4) is 0 Å². The van der Waals surface area contributed by atoms with Crippen molar-refractivity contribution in [3.8, 4) is 0 Å². The van der Waals surface area contributed by atoms with E-state index in [0.717, 1.165) is 17.8 Å². The van der Waals surface area contributed by atoms with Gasteiger partial charge in [0.1, 0.15) is 0 Å². The molecule has 5 atom stereocenters. The smallest absolute Gasteiger partial charge is 0.00477 e. The van der Waals surface area contributed by atoms with Crippen LogP contribution in [-0.2, 0) is 0 Å². The Labute approximate surface area is 118 Å². The molecule has 104 valence electrons. The Morgan fingerprint density at radius 2 is 1.95 bits per heavy atom. The van der Waals surface area contributed by atoms with Crippen molar-refractivity contribution in [2.24, 2.45) is 28.6 Å². The number of fused-ring (bicyclic) bond motifs is 5. The predicted octanol–water partition coefficient (Wildman–Crippen LogP) is 5.51. The van der Waals surface area contributed by atoms with E-state index < -0.39 is 0 Å². The van der Waals surface area contributed by atoms with E-state index >= 15 is 0 Å². The number of hydrogen-bond donors (Lipinski definition) is 0. The van der Waals surface area contributed by atoms with E-state index in [2.05, 4.69) is 32.1 Å². The van der Waals surface area contributed by atoms with Gasteiger partial charge in [-0.15, -0.1) is 0 Å². The first kappa shape index (κ1) is 12.2. The van der Waals surface area contributed by atoms with Crippen molar-refractivity contribution >= 4 is 0 Å². The average molecular weight is 256 g/mol. The van der Waals surface area contributed by atoms with Crippen LogP contribution in [0.25, 0.3) is 0 Å². The molecule has 0 unspecified atom stereocenters. The number of rotatable bonds is 0. The van der Waals surface area contributed by atoms with Crippen molar-refractivity contribution in [3.63, 3.8) is 0 Å². The molecule has 0 bridgehead atoms. The fraction of sp³-hybridized carbons (Fsp3) is 0.789. The molecule has 0 radical (unpaired) electrons. The summed E-state index contributed by atoms with van der Waals surface area (Å²) in [5.41, 5.74) is 3.00. The fourth-order valence-electron chi connectivity index (χ4n) is 6.37. The summed E-state index contributed by atoms with van der Waals surface area (Å²) in [6.45, 7) is 5.19. The Balaban J connectivity index is 1.69. The van der Waals surface area contributed by atoms with Crippen LogP contribution in [0.15, 0.2) is 23.8 Å². The van der Waals surface area contributed by atoms with Crippen molar-refractivity contribution in [1.82, 2.24) is 0 Å². The van der Waals surface area contributed by atoms with Crippen LogP contribution in [0, 0.1) is 28.6 Å². The van der Waals surface area contributed by atoms with Crippen LogP contribution < -0.4 is 0 Å². The van der Waals surface area contributed by atoms with Crippen molar-refractivity contribution in [2.75, 3.05) is 0 Å². The molecule has 0 spiro atoms. The van der Waals surface area contributed by atoms with E-state index in [4.69, 9.17) is 0 Å². The van der Waals surface area contributed by atoms with Gasteiger partial charge in [-0.05, 0) is 73.5 Å². The lowest BCUT2D eigenvalue weighted by Crippen LogP contribution is -2.48. The molecule has 3 fully saturated rings. The maximum Gasteiger partial charge on any atom is -0.00477 e. The minimum atomic E-state index is 0.515. The first-order chi connectivity index (χ1) is 9.13. The molecule has 0 N–H and O–H groups in total. The zero-order chi connectivity index (χ0) is 13.1. The first-order valence-electron chi connectivity index (χ1n) is 8.50. The third kappa shape index (κ3) is 1.58. The van der Waals surface area contributed by atoms with Gasteiger partial charge in [0.15, 0.2) is 0 Å². The molecular weight excluding hydrogens is 228 g/mol. The van der Waals surface area contributed by atoms with Crippen LogP contribution in [0.1, 0.15) is 65.2 Å². The highest BCUT2D eigenvalue weighted by atomic mass is 14.6. The molecule has 0 saturated heterocycles. The predicted molar refractivity (Wildman–Crippen MR) is 80.8 cm³/mol. The van der Waals surface area contributed by atoms with Gasteiger partial charge in [-0.1, -0.05) is 44.1 Å². The molecule has 0 amide bonds. The van der Waals surface area contributed by atoms with Crippen molar-refractivity contribution in [2.45, 2.75) is 65.2 Å². The molecule has 4 rings (SSSR count). The van der Waals surface area contributed by atoms with Crippen LogP contribution in [0.2, 0.25) is 0 Å². The van der Waals surface area contributed by atoms with Crippen molar-refractivity contribution in [3.05, 3.63) is 23.8 Å². The van der Waals surface area contributed by atoms with Crippen molar-refractivity contribution in [1.29, 1.82) is 0 Å². The Morgan fingerprint density at radius 3 is 2.84 bits per heavy atom. The van der Waals surface area contributed by atoms with Gasteiger partial charge in [0.05, 0.1) is 0 Å². The van der Waals surface area contributed by atoms with E-state index in [1.54, 1.807) is 5.57 Å². The highest BCUT2D eigenvalue weighted by Gasteiger charge is 2.55. The molecule has 0 heterocycles. The second-order valence-electron chi connectivity index (χ2n) is 8.24. The molecule has 0 aromatic rings. The largest absolute Gasteiger partial charge is 0.0837 e. The quantitative estimate of drug-likeness (QED) is 0.536. The number of hydrogen-bond acceptors (Lipinski definition) is 0. The maximum atomic E-state index is 2.61. The summed E-state index contributed by atoms with van der Waals surface area (Å²) in [7, 11) is 0. The van der Waals surface area contributed by atoms with E-state index in [1.807, 2.05) is 0 Å². The van der Waals surface area contributed by atoms with Gasteiger partial charge in [0.25, 0.3) is 0 Å². The minimum absolute atomic E-state index is 0.515. The molecule has 3 saturated carbocycles. The topological polar surface area (TPSA) is 0 Å². The van der Waals surface area contributed by atoms with Gasteiger partial charge in [0.2, 0.25) is 0 Å². The zero-order valence-corrected chi connectivity index (χ0v) is 12.6. The van der Waals surface area contributed by atoms with Gasteiger partial charge in [-0.3, -0.25) is 0 Å². The van der Waals surface area contributed by atoms with Gasteiger partial charge in [0, 0.05) is 0 Å². The van der Waals surface area contributed by atoms with Crippen LogP contribution in [-0.4, -0.2) is 0 Å². The minimum Gasteiger partial charge on any atom is -0.0837 e. The van der Waals surface area contributed by atoms with Crippen molar-refractivity contribution < 1.29 is 0 Å². The summed E-state index contributed by atoms with van der Waals surface area (Å²) in [4.78, 5) is 0. The molecule has 0 aromatic carbocycles. The summed E-state index contributed by atoms with van der Waals surface area (Å²) < 4.78 is 0. The molecule has 0 aliphatic heterocycles. The van der Waals surface area contributed by atoms with E-state index in [1.165, 1.54) is 51.4 Å². The van der Waals surface area contributed by atoms with Gasteiger partial charge in [-0.25, -0.2) is 0 Å². The van der Waals surface area contributed by atoms with Gasteiger partial charge < -0.3 is 0 Å². The summed E-state index contributed by atoms with van der Waals surface area (Å²) >= 11 is 0. The molecule has 0 aromatic heterocycles. The molecule has 19 heavy (non-hydrogen) atoms. The SMILES string of the molecule is C[C@@]12CCC[C@H]1[C@@H]1CCC3=CC=CC[C@]3(C)[C@H]1CC2. The Hall–Kier alpha value is -0.520. The second kappa shape index (κ2) is 3.99. The zero-order valence-electron chi connectivity index (χ0n) is 12.6. The Bertz CT molecular complexity index is 443. The van der Waals surface area contributed by atoms with E-state index in [-0.39, 0.29) is 0 Å². The Morgan fingerprint density at radius 1 is 1.05 bits per heavy atom. The number of allylic oxidation sites excluding steroid dienone is 4. The lowest BCUT2D eigenvalue weighted by Gasteiger charge is -2.57. The summed E-state index contributed by atoms with van der Waals surface area (Å²) in [5, 5.41) is 0. The molecule has 4 aliphatic carbocycles. The first-order valence-corrected chi connectivity index (χ1v) is 8.50. The third-order valence-corrected chi connectivity index (χ3v) is 7.49. The molecule has 0 nitrogen and oxygen atoms in total. The second-order valence-corrected chi connectivity index (χ2v) is 8.24. The van der Waals surface area contributed by atoms with Crippen LogP contribution in [0.5, 0.6) is 0 Å². The lowest BCUT2D eigenvalue weighted by molar-refractivity contribution is -0.0300. The van der Waals surface area contributed by atoms with Crippen LogP contribution in [0.4, 0.5) is 0 Å². The monoisotopic (exact) mass is 256 g/mol. The highest BCUT2D eigenvalue weighted by Crippen LogP contribution is 2.64. The molecule has 0 heteroatoms. The normalized spacial score (nSPS) is 52.1. The lowest BCUT2D eigenvalue weighted by atomic mass is 9.48. The van der Waals surface area contributed by atoms with Crippen LogP contribution >= 0.6 is 0 Å². The van der Waals surface area contributed by atoms with E-state index in [9.17, 15) is 0 Å². The van der Waals surface area contributed by atoms with Gasteiger partial charge in [-0.2, -0.15) is 0 Å². The third-order valence-electron chi connectivity index (χ3n) is 7.49. The molecular formula is C19H28. The van der Waals surface area contributed by atoms with Gasteiger partial charge >= 0.3 is 0 Å². The Kier molecular flexibility index (Phi) is 2.57. The average Bonchev–Trinajstić information content (AvgIpc) is 2.79. The highest BCUT2D eigenvalue weighted by molar-refractivity contribution is 5.30. The summed E-state index contributed by atoms with van der Waals surface area (Å²) in [5.74, 6) is 3.07. The fourth-order valence-corrected chi connectivity index (χ4v) is 6.37. The molecule has 4 aliphatic rings. The summed E-state index contributed by atoms with van der Waals surface area (Å²) in [6.07, 6.45) is 18.9.